The highest BCUT2D eigenvalue weighted by molar-refractivity contribution is 5.19. The minimum atomic E-state index is -0.617. The van der Waals surface area contributed by atoms with E-state index < -0.39 is 5.79 Å². The Labute approximate surface area is 89.6 Å². The Morgan fingerprint density at radius 3 is 2.47 bits per heavy atom. The maximum Gasteiger partial charge on any atom is 0.164 e. The molecule has 1 N–H and O–H groups in total. The Hall–Kier alpha value is -0.900. The molecule has 2 rings (SSSR count). The molecule has 1 aliphatic heterocycles. The van der Waals surface area contributed by atoms with Gasteiger partial charge in [-0.15, -0.1) is 0 Å². The summed E-state index contributed by atoms with van der Waals surface area (Å²) in [6, 6.07) is 9.84. The van der Waals surface area contributed by atoms with Gasteiger partial charge in [-0.3, -0.25) is 0 Å². The second-order valence-corrected chi connectivity index (χ2v) is 4.19. The van der Waals surface area contributed by atoms with Crippen molar-refractivity contribution < 1.29 is 14.6 Å². The summed E-state index contributed by atoms with van der Waals surface area (Å²) in [4.78, 5) is 0. The number of benzene rings is 1. The molecule has 0 aromatic heterocycles. The molecule has 0 aliphatic carbocycles. The monoisotopic (exact) mass is 208 g/mol. The molecule has 1 aliphatic rings. The molecule has 2 atom stereocenters. The molecule has 1 aromatic carbocycles. The first-order valence-corrected chi connectivity index (χ1v) is 5.14. The van der Waals surface area contributed by atoms with Crippen LogP contribution in [-0.2, 0) is 9.47 Å². The summed E-state index contributed by atoms with van der Waals surface area (Å²) in [6.07, 6.45) is -0.450. The molecule has 3 heteroatoms. The van der Waals surface area contributed by atoms with Gasteiger partial charge in [0, 0.05) is 0 Å². The van der Waals surface area contributed by atoms with E-state index >= 15 is 0 Å². The first kappa shape index (κ1) is 10.6. The van der Waals surface area contributed by atoms with E-state index in [1.165, 1.54) is 0 Å². The zero-order chi connectivity index (χ0) is 10.9. The minimum absolute atomic E-state index is 0.0248. The van der Waals surface area contributed by atoms with Crippen LogP contribution in [0.15, 0.2) is 30.3 Å². The number of ether oxygens (including phenoxy) is 2. The van der Waals surface area contributed by atoms with Crippen molar-refractivity contribution in [3.05, 3.63) is 35.9 Å². The number of aliphatic hydroxyl groups is 1. The Morgan fingerprint density at radius 1 is 1.20 bits per heavy atom. The number of rotatable bonds is 2. The summed E-state index contributed by atoms with van der Waals surface area (Å²) in [5, 5.41) is 9.22. The van der Waals surface area contributed by atoms with Crippen molar-refractivity contribution in [3.63, 3.8) is 0 Å². The SMILES string of the molecule is CC1(C)O[C@H](CO)[C@H](c2ccccc2)O1. The Balaban J connectivity index is 2.22. The summed E-state index contributed by atoms with van der Waals surface area (Å²) in [7, 11) is 0. The molecule has 3 nitrogen and oxygen atoms in total. The van der Waals surface area contributed by atoms with Crippen molar-refractivity contribution >= 4 is 0 Å². The van der Waals surface area contributed by atoms with E-state index in [-0.39, 0.29) is 18.8 Å². The second kappa shape index (κ2) is 3.93. The second-order valence-electron chi connectivity index (χ2n) is 4.19. The van der Waals surface area contributed by atoms with Crippen LogP contribution in [-0.4, -0.2) is 23.6 Å². The molecule has 1 fully saturated rings. The summed E-state index contributed by atoms with van der Waals surface area (Å²) in [6.45, 7) is 3.69. The van der Waals surface area contributed by atoms with Crippen LogP contribution in [0.25, 0.3) is 0 Å². The van der Waals surface area contributed by atoms with Crippen molar-refractivity contribution in [3.8, 4) is 0 Å². The lowest BCUT2D eigenvalue weighted by molar-refractivity contribution is -0.149. The highest BCUT2D eigenvalue weighted by atomic mass is 16.8. The number of hydrogen-bond donors (Lipinski definition) is 1. The van der Waals surface area contributed by atoms with E-state index in [1.54, 1.807) is 0 Å². The number of aliphatic hydroxyl groups excluding tert-OH is 1. The molecule has 0 bridgehead atoms. The summed E-state index contributed by atoms with van der Waals surface area (Å²) in [5.74, 6) is -0.617. The van der Waals surface area contributed by atoms with Crippen LogP contribution in [0.5, 0.6) is 0 Å². The van der Waals surface area contributed by atoms with Crippen molar-refractivity contribution in [2.75, 3.05) is 6.61 Å². The summed E-state index contributed by atoms with van der Waals surface area (Å²) >= 11 is 0. The molecule has 1 saturated heterocycles. The highest BCUT2D eigenvalue weighted by Gasteiger charge is 2.41. The third-order valence-corrected chi connectivity index (χ3v) is 2.49. The van der Waals surface area contributed by atoms with Gasteiger partial charge >= 0.3 is 0 Å². The van der Waals surface area contributed by atoms with Gasteiger partial charge in [-0.25, -0.2) is 0 Å². The lowest BCUT2D eigenvalue weighted by atomic mass is 10.1. The minimum Gasteiger partial charge on any atom is -0.394 e. The van der Waals surface area contributed by atoms with Crippen molar-refractivity contribution in [1.82, 2.24) is 0 Å². The van der Waals surface area contributed by atoms with Gasteiger partial charge < -0.3 is 14.6 Å². The first-order valence-electron chi connectivity index (χ1n) is 5.14. The van der Waals surface area contributed by atoms with Gasteiger partial charge in [0.05, 0.1) is 6.61 Å². The average molecular weight is 208 g/mol. The fourth-order valence-electron chi connectivity index (χ4n) is 1.89. The molecule has 1 heterocycles. The van der Waals surface area contributed by atoms with Crippen LogP contribution in [0, 0.1) is 0 Å². The van der Waals surface area contributed by atoms with Crippen LogP contribution < -0.4 is 0 Å². The Bertz CT molecular complexity index is 321. The van der Waals surface area contributed by atoms with Crippen LogP contribution in [0.2, 0.25) is 0 Å². The molecule has 0 radical (unpaired) electrons. The van der Waals surface area contributed by atoms with Gasteiger partial charge in [0.15, 0.2) is 5.79 Å². The normalized spacial score (nSPS) is 29.3. The van der Waals surface area contributed by atoms with Crippen LogP contribution in [0.4, 0.5) is 0 Å². The highest BCUT2D eigenvalue weighted by Crippen LogP contribution is 2.37. The predicted molar refractivity (Wildman–Crippen MR) is 56.3 cm³/mol. The molecule has 0 spiro atoms. The van der Waals surface area contributed by atoms with Gasteiger partial charge in [-0.1, -0.05) is 30.3 Å². The lowest BCUT2D eigenvalue weighted by Gasteiger charge is -2.16. The van der Waals surface area contributed by atoms with Gasteiger partial charge in [-0.2, -0.15) is 0 Å². The van der Waals surface area contributed by atoms with Gasteiger partial charge in [-0.05, 0) is 19.4 Å². The Kier molecular flexibility index (Phi) is 2.78. The lowest BCUT2D eigenvalue weighted by Crippen LogP contribution is -2.23. The maximum atomic E-state index is 9.22. The molecule has 0 saturated carbocycles. The van der Waals surface area contributed by atoms with E-state index in [0.717, 1.165) is 5.56 Å². The van der Waals surface area contributed by atoms with E-state index in [0.29, 0.717) is 0 Å². The predicted octanol–water partition coefficient (Wildman–Crippen LogP) is 1.87. The molecule has 0 amide bonds. The average Bonchev–Trinajstić information content (AvgIpc) is 2.55. The Morgan fingerprint density at radius 2 is 1.87 bits per heavy atom. The molecule has 82 valence electrons. The van der Waals surface area contributed by atoms with E-state index in [1.807, 2.05) is 44.2 Å². The van der Waals surface area contributed by atoms with Crippen LogP contribution in [0.3, 0.4) is 0 Å². The quantitative estimate of drug-likeness (QED) is 0.806. The van der Waals surface area contributed by atoms with E-state index in [2.05, 4.69) is 0 Å². The third kappa shape index (κ3) is 2.20. The summed E-state index contributed by atoms with van der Waals surface area (Å²) < 4.78 is 11.3. The largest absolute Gasteiger partial charge is 0.394 e. The van der Waals surface area contributed by atoms with Crippen molar-refractivity contribution in [2.24, 2.45) is 0 Å². The maximum absolute atomic E-state index is 9.22. The zero-order valence-electron chi connectivity index (χ0n) is 9.01. The van der Waals surface area contributed by atoms with Gasteiger partial charge in [0.2, 0.25) is 0 Å². The topological polar surface area (TPSA) is 38.7 Å². The van der Waals surface area contributed by atoms with E-state index in [9.17, 15) is 5.11 Å². The van der Waals surface area contributed by atoms with Crippen LogP contribution >= 0.6 is 0 Å². The van der Waals surface area contributed by atoms with Crippen LogP contribution in [0.1, 0.15) is 25.5 Å². The smallest absolute Gasteiger partial charge is 0.164 e. The van der Waals surface area contributed by atoms with Crippen molar-refractivity contribution in [1.29, 1.82) is 0 Å². The first-order chi connectivity index (χ1) is 7.12. The molecule has 0 unspecified atom stereocenters. The fourth-order valence-corrected chi connectivity index (χ4v) is 1.89. The van der Waals surface area contributed by atoms with Gasteiger partial charge in [0.1, 0.15) is 12.2 Å². The fraction of sp³-hybridized carbons (Fsp3) is 0.500. The third-order valence-electron chi connectivity index (χ3n) is 2.49. The molecule has 15 heavy (non-hydrogen) atoms. The molecule has 1 aromatic rings. The standard InChI is InChI=1S/C12H16O3/c1-12(2)14-10(8-13)11(15-12)9-6-4-3-5-7-9/h3-7,10-11,13H,8H2,1-2H3/t10-,11+/m1/s1. The molecular formula is C12H16O3. The molecular weight excluding hydrogens is 192 g/mol. The summed E-state index contributed by atoms with van der Waals surface area (Å²) in [5.41, 5.74) is 1.04. The zero-order valence-corrected chi connectivity index (χ0v) is 9.01. The van der Waals surface area contributed by atoms with Gasteiger partial charge in [0.25, 0.3) is 0 Å². The number of hydrogen-bond acceptors (Lipinski definition) is 3. The van der Waals surface area contributed by atoms with E-state index in [4.69, 9.17) is 9.47 Å². The van der Waals surface area contributed by atoms with Crippen molar-refractivity contribution in [2.45, 2.75) is 31.8 Å².